The number of nitrogen functional groups attached to an aromatic ring is 1. The van der Waals surface area contributed by atoms with Gasteiger partial charge in [0.15, 0.2) is 5.75 Å². The van der Waals surface area contributed by atoms with Gasteiger partial charge in [0.1, 0.15) is 6.20 Å². The Balaban J connectivity index is 3.03. The van der Waals surface area contributed by atoms with E-state index < -0.39 is 0 Å². The number of rotatable bonds is 0. The van der Waals surface area contributed by atoms with Gasteiger partial charge in [-0.15, -0.1) is 0 Å². The molecule has 1 rings (SSSR count). The summed E-state index contributed by atoms with van der Waals surface area (Å²) >= 11 is 0. The Morgan fingerprint density at radius 3 is 2.88 bits per heavy atom. The van der Waals surface area contributed by atoms with Crippen LogP contribution in [0.2, 0.25) is 0 Å². The van der Waals surface area contributed by atoms with Crippen LogP contribution in [-0.4, -0.2) is 15.1 Å². The maximum Gasteiger partial charge on any atom is 0.220 e. The molecule has 1 heterocycles. The highest BCUT2D eigenvalue weighted by atomic mass is 16.3. The zero-order valence-electron chi connectivity index (χ0n) is 4.00. The van der Waals surface area contributed by atoms with E-state index in [1.165, 1.54) is 6.20 Å². The molecule has 0 aliphatic rings. The van der Waals surface area contributed by atoms with Crippen LogP contribution in [0.3, 0.4) is 0 Å². The maximum absolute atomic E-state index is 8.52. The van der Waals surface area contributed by atoms with E-state index in [9.17, 15) is 0 Å². The van der Waals surface area contributed by atoms with Gasteiger partial charge >= 0.3 is 0 Å². The number of nitrogens with zero attached hydrogens (tertiary/aromatic N) is 2. The normalized spacial score (nSPS) is 9.00. The van der Waals surface area contributed by atoms with Crippen molar-refractivity contribution in [3.8, 4) is 5.75 Å². The van der Waals surface area contributed by atoms with E-state index in [2.05, 4.69) is 16.2 Å². The Hall–Kier alpha value is -1.32. The van der Waals surface area contributed by atoms with E-state index in [0.29, 0.717) is 0 Å². The predicted molar refractivity (Wildman–Crippen MR) is 26.9 cm³/mol. The second kappa shape index (κ2) is 1.65. The minimum absolute atomic E-state index is 0.0980. The van der Waals surface area contributed by atoms with Crippen molar-refractivity contribution < 1.29 is 5.11 Å². The Morgan fingerprint density at radius 2 is 2.50 bits per heavy atom. The zero-order chi connectivity index (χ0) is 5.98. The molecule has 0 fully saturated rings. The lowest BCUT2D eigenvalue weighted by Crippen LogP contribution is -1.91. The summed E-state index contributed by atoms with van der Waals surface area (Å²) in [6, 6.07) is 0. The van der Waals surface area contributed by atoms with Crippen molar-refractivity contribution in [2.45, 2.75) is 0 Å². The van der Waals surface area contributed by atoms with Crippen LogP contribution in [0, 0.1) is 6.20 Å². The first-order valence-corrected chi connectivity index (χ1v) is 1.98. The van der Waals surface area contributed by atoms with Crippen LogP contribution in [0.1, 0.15) is 0 Å². The van der Waals surface area contributed by atoms with Gasteiger partial charge in [0.2, 0.25) is 5.95 Å². The summed E-state index contributed by atoms with van der Waals surface area (Å²) in [7, 11) is 0. The third-order valence-electron chi connectivity index (χ3n) is 0.604. The first-order chi connectivity index (χ1) is 3.79. The highest BCUT2D eigenvalue weighted by Gasteiger charge is 1.86. The molecular weight excluding hydrogens is 106 g/mol. The molecule has 1 aromatic rings. The molecule has 0 amide bonds. The molecule has 0 bridgehead atoms. The topological polar surface area (TPSA) is 72.0 Å². The summed E-state index contributed by atoms with van der Waals surface area (Å²) in [5, 5.41) is 8.52. The quantitative estimate of drug-likeness (QED) is 0.475. The fraction of sp³-hybridized carbons (Fsp3) is 0. The van der Waals surface area contributed by atoms with E-state index in [-0.39, 0.29) is 11.7 Å². The second-order valence-electron chi connectivity index (χ2n) is 1.23. The molecule has 0 aliphatic carbocycles. The summed E-state index contributed by atoms with van der Waals surface area (Å²) in [6.45, 7) is 0. The van der Waals surface area contributed by atoms with Crippen LogP contribution in [0.15, 0.2) is 6.20 Å². The molecule has 0 atom stereocenters. The SMILES string of the molecule is Nc1n[c]c(O)cn1. The van der Waals surface area contributed by atoms with Gasteiger partial charge in [-0.05, 0) is 0 Å². The molecule has 0 aromatic carbocycles. The second-order valence-corrected chi connectivity index (χ2v) is 1.23. The molecule has 1 radical (unpaired) electrons. The minimum atomic E-state index is -0.0980. The summed E-state index contributed by atoms with van der Waals surface area (Å²) in [6.07, 6.45) is 3.40. The van der Waals surface area contributed by atoms with Gasteiger partial charge in [-0.2, -0.15) is 0 Å². The maximum atomic E-state index is 8.52. The van der Waals surface area contributed by atoms with E-state index >= 15 is 0 Å². The van der Waals surface area contributed by atoms with Crippen molar-refractivity contribution in [3.05, 3.63) is 12.4 Å². The van der Waals surface area contributed by atoms with Gasteiger partial charge in [0.05, 0.1) is 6.20 Å². The molecule has 0 aliphatic heterocycles. The van der Waals surface area contributed by atoms with Crippen LogP contribution < -0.4 is 5.73 Å². The van der Waals surface area contributed by atoms with Crippen molar-refractivity contribution in [3.63, 3.8) is 0 Å². The molecule has 4 heteroatoms. The molecular formula is C4H4N3O. The highest BCUT2D eigenvalue weighted by Crippen LogP contribution is 2.00. The number of aromatic hydroxyl groups is 1. The Morgan fingerprint density at radius 1 is 1.75 bits per heavy atom. The zero-order valence-corrected chi connectivity index (χ0v) is 4.00. The molecule has 4 nitrogen and oxygen atoms in total. The fourth-order valence-corrected chi connectivity index (χ4v) is 0.300. The van der Waals surface area contributed by atoms with Gasteiger partial charge in [0, 0.05) is 0 Å². The Kier molecular flexibility index (Phi) is 0.997. The summed E-state index contributed by atoms with van der Waals surface area (Å²) in [5.74, 6) is 0.0157. The monoisotopic (exact) mass is 110 g/mol. The molecule has 8 heavy (non-hydrogen) atoms. The van der Waals surface area contributed by atoms with Gasteiger partial charge in [-0.1, -0.05) is 0 Å². The van der Waals surface area contributed by atoms with E-state index in [0.717, 1.165) is 0 Å². The minimum Gasteiger partial charge on any atom is -0.504 e. The average molecular weight is 110 g/mol. The van der Waals surface area contributed by atoms with Gasteiger partial charge in [-0.25, -0.2) is 9.97 Å². The average Bonchev–Trinajstić information content (AvgIpc) is 1.77. The van der Waals surface area contributed by atoms with Gasteiger partial charge in [0.25, 0.3) is 0 Å². The van der Waals surface area contributed by atoms with Crippen molar-refractivity contribution in [2.75, 3.05) is 5.73 Å². The number of hydrogen-bond donors (Lipinski definition) is 2. The van der Waals surface area contributed by atoms with Crippen molar-refractivity contribution in [1.82, 2.24) is 9.97 Å². The van der Waals surface area contributed by atoms with Crippen LogP contribution in [0.25, 0.3) is 0 Å². The van der Waals surface area contributed by atoms with Crippen molar-refractivity contribution >= 4 is 5.95 Å². The first-order valence-electron chi connectivity index (χ1n) is 1.98. The van der Waals surface area contributed by atoms with Crippen LogP contribution in [0.5, 0.6) is 5.75 Å². The molecule has 1 aromatic heterocycles. The lowest BCUT2D eigenvalue weighted by Gasteiger charge is -1.86. The van der Waals surface area contributed by atoms with Crippen LogP contribution in [0.4, 0.5) is 5.95 Å². The number of aromatic nitrogens is 2. The molecule has 0 saturated heterocycles. The van der Waals surface area contributed by atoms with E-state index in [1.807, 2.05) is 0 Å². The van der Waals surface area contributed by atoms with E-state index in [1.54, 1.807) is 0 Å². The smallest absolute Gasteiger partial charge is 0.220 e. The molecule has 0 saturated carbocycles. The Bertz CT molecular complexity index is 150. The number of hydrogen-bond acceptors (Lipinski definition) is 4. The first kappa shape index (κ1) is 4.83. The van der Waals surface area contributed by atoms with Crippen molar-refractivity contribution in [2.24, 2.45) is 0 Å². The summed E-state index contributed by atoms with van der Waals surface area (Å²) < 4.78 is 0. The summed E-state index contributed by atoms with van der Waals surface area (Å²) in [5.41, 5.74) is 5.06. The third-order valence-corrected chi connectivity index (χ3v) is 0.604. The largest absolute Gasteiger partial charge is 0.504 e. The standard InChI is InChI=1S/C4H4N3O/c5-4-6-1-3(8)2-7-4/h1,8H,(H2,5,6,7). The highest BCUT2D eigenvalue weighted by molar-refractivity contribution is 5.18. The lowest BCUT2D eigenvalue weighted by atomic mass is 10.6. The molecule has 3 N–H and O–H groups in total. The van der Waals surface area contributed by atoms with Crippen LogP contribution in [-0.2, 0) is 0 Å². The summed E-state index contributed by atoms with van der Waals surface area (Å²) in [4.78, 5) is 6.83. The lowest BCUT2D eigenvalue weighted by molar-refractivity contribution is 0.468. The van der Waals surface area contributed by atoms with Gasteiger partial charge < -0.3 is 10.8 Å². The third kappa shape index (κ3) is 0.841. The molecule has 41 valence electrons. The Labute approximate surface area is 46.0 Å². The predicted octanol–water partition coefficient (Wildman–Crippen LogP) is -0.435. The number of nitrogens with two attached hydrogens (primary N) is 1. The fourth-order valence-electron chi connectivity index (χ4n) is 0.300. The molecule has 0 unspecified atom stereocenters. The van der Waals surface area contributed by atoms with Crippen LogP contribution >= 0.6 is 0 Å². The number of anilines is 1. The van der Waals surface area contributed by atoms with E-state index in [4.69, 9.17) is 10.8 Å². The van der Waals surface area contributed by atoms with Gasteiger partial charge in [-0.3, -0.25) is 0 Å². The molecule has 0 spiro atoms. The van der Waals surface area contributed by atoms with Crippen molar-refractivity contribution in [1.29, 1.82) is 0 Å².